The molecule has 6 heteroatoms. The zero-order valence-electron chi connectivity index (χ0n) is 11.8. The summed E-state index contributed by atoms with van der Waals surface area (Å²) in [5.74, 6) is 0.255. The lowest BCUT2D eigenvalue weighted by atomic mass is 10.1. The molecule has 1 aliphatic rings. The third-order valence-electron chi connectivity index (χ3n) is 3.39. The summed E-state index contributed by atoms with van der Waals surface area (Å²) in [6, 6.07) is 6.62. The van der Waals surface area contributed by atoms with Crippen molar-refractivity contribution in [2.45, 2.75) is 24.5 Å². The minimum absolute atomic E-state index is 0.156. The first kappa shape index (κ1) is 15.7. The van der Waals surface area contributed by atoms with Crippen molar-refractivity contribution in [1.82, 2.24) is 10.6 Å². The van der Waals surface area contributed by atoms with Crippen molar-refractivity contribution in [3.05, 3.63) is 35.4 Å². The van der Waals surface area contributed by atoms with E-state index >= 15 is 0 Å². The Bertz CT molecular complexity index is 501. The van der Waals surface area contributed by atoms with Crippen LogP contribution in [0.5, 0.6) is 0 Å². The number of aromatic carboxylic acids is 1. The van der Waals surface area contributed by atoms with E-state index in [1.165, 1.54) is 18.6 Å². The summed E-state index contributed by atoms with van der Waals surface area (Å²) in [5, 5.41) is 15.1. The van der Waals surface area contributed by atoms with Crippen molar-refractivity contribution < 1.29 is 14.7 Å². The maximum Gasteiger partial charge on any atom is 0.335 e. The number of amides is 2. The summed E-state index contributed by atoms with van der Waals surface area (Å²) in [5.41, 5.74) is 1.18. The van der Waals surface area contributed by atoms with E-state index in [9.17, 15) is 9.59 Å². The van der Waals surface area contributed by atoms with Crippen molar-refractivity contribution in [3.63, 3.8) is 0 Å². The number of nitrogens with one attached hydrogen (secondary N) is 2. The van der Waals surface area contributed by atoms with Gasteiger partial charge in [-0.2, -0.15) is 11.8 Å². The maximum atomic E-state index is 11.6. The van der Waals surface area contributed by atoms with E-state index in [4.69, 9.17) is 5.11 Å². The van der Waals surface area contributed by atoms with Crippen LogP contribution in [0.3, 0.4) is 0 Å². The fourth-order valence-corrected chi connectivity index (χ4v) is 3.46. The van der Waals surface area contributed by atoms with Gasteiger partial charge in [-0.3, -0.25) is 0 Å². The number of carbonyl (C=O) groups excluding carboxylic acids is 1. The van der Waals surface area contributed by atoms with Crippen LogP contribution in [0, 0.1) is 0 Å². The van der Waals surface area contributed by atoms with Gasteiger partial charge in [-0.15, -0.1) is 0 Å². The third kappa shape index (κ3) is 5.30. The molecule has 1 saturated heterocycles. The van der Waals surface area contributed by atoms with Crippen molar-refractivity contribution >= 4 is 23.8 Å². The van der Waals surface area contributed by atoms with Crippen molar-refractivity contribution in [1.29, 1.82) is 0 Å². The summed E-state index contributed by atoms with van der Waals surface area (Å²) < 4.78 is 0. The lowest BCUT2D eigenvalue weighted by molar-refractivity contribution is 0.0696. The van der Waals surface area contributed by atoms with Crippen LogP contribution in [0.25, 0.3) is 0 Å². The average Bonchev–Trinajstić information content (AvgIpc) is 2.99. The Morgan fingerprint density at radius 1 is 1.33 bits per heavy atom. The molecule has 0 aromatic heterocycles. The van der Waals surface area contributed by atoms with Crippen LogP contribution in [0.15, 0.2) is 24.3 Å². The number of carboxylic acids is 1. The fourth-order valence-electron chi connectivity index (χ4n) is 2.25. The molecule has 1 unspecified atom stereocenters. The fraction of sp³-hybridized carbons (Fsp3) is 0.467. The summed E-state index contributed by atoms with van der Waals surface area (Å²) >= 11 is 1.91. The number of urea groups is 1. The van der Waals surface area contributed by atoms with Crippen LogP contribution in [0.1, 0.15) is 28.8 Å². The smallest absolute Gasteiger partial charge is 0.335 e. The Hall–Kier alpha value is -1.69. The molecule has 1 heterocycles. The maximum absolute atomic E-state index is 11.6. The molecule has 2 amide bonds. The topological polar surface area (TPSA) is 78.4 Å². The van der Waals surface area contributed by atoms with Gasteiger partial charge in [0, 0.05) is 18.3 Å². The first-order valence-corrected chi connectivity index (χ1v) is 8.15. The average molecular weight is 308 g/mol. The monoisotopic (exact) mass is 308 g/mol. The second-order valence-electron chi connectivity index (χ2n) is 5.03. The molecule has 0 spiro atoms. The number of hydrogen-bond acceptors (Lipinski definition) is 3. The molecule has 2 rings (SSSR count). The molecule has 21 heavy (non-hydrogen) atoms. The van der Waals surface area contributed by atoms with Gasteiger partial charge in [-0.05, 0) is 42.7 Å². The standard InChI is InChI=1S/C15H20N2O3S/c18-14(19)12-4-1-3-11(9-12)6-7-16-15(20)17-10-13-5-2-8-21-13/h1,3-4,9,13H,2,5-8,10H2,(H,18,19)(H2,16,17,20). The highest BCUT2D eigenvalue weighted by molar-refractivity contribution is 8.00. The van der Waals surface area contributed by atoms with E-state index in [0.717, 1.165) is 5.56 Å². The van der Waals surface area contributed by atoms with E-state index in [2.05, 4.69) is 10.6 Å². The first-order chi connectivity index (χ1) is 10.1. The van der Waals surface area contributed by atoms with E-state index in [0.29, 0.717) is 24.8 Å². The van der Waals surface area contributed by atoms with Gasteiger partial charge in [0.15, 0.2) is 0 Å². The van der Waals surface area contributed by atoms with Crippen LogP contribution >= 0.6 is 11.8 Å². The largest absolute Gasteiger partial charge is 0.478 e. The SMILES string of the molecule is O=C(NCCc1cccc(C(=O)O)c1)NCC1CCCS1. The highest BCUT2D eigenvalue weighted by Gasteiger charge is 2.15. The Labute approximate surface area is 128 Å². The lowest BCUT2D eigenvalue weighted by Gasteiger charge is -2.11. The molecule has 114 valence electrons. The number of thioether (sulfide) groups is 1. The molecule has 1 atom stereocenters. The molecule has 3 N–H and O–H groups in total. The zero-order valence-corrected chi connectivity index (χ0v) is 12.6. The Morgan fingerprint density at radius 3 is 2.90 bits per heavy atom. The molecule has 0 bridgehead atoms. The van der Waals surface area contributed by atoms with Crippen LogP contribution < -0.4 is 10.6 Å². The van der Waals surface area contributed by atoms with Crippen molar-refractivity contribution in [3.8, 4) is 0 Å². The minimum atomic E-state index is -0.934. The van der Waals surface area contributed by atoms with E-state index in [1.54, 1.807) is 18.2 Å². The highest BCUT2D eigenvalue weighted by Crippen LogP contribution is 2.25. The molecular formula is C15H20N2O3S. The molecule has 1 aromatic rings. The van der Waals surface area contributed by atoms with Crippen LogP contribution in [0.4, 0.5) is 4.79 Å². The van der Waals surface area contributed by atoms with E-state index < -0.39 is 5.97 Å². The lowest BCUT2D eigenvalue weighted by Crippen LogP contribution is -2.39. The second-order valence-corrected chi connectivity index (χ2v) is 6.44. The van der Waals surface area contributed by atoms with Gasteiger partial charge in [0.05, 0.1) is 5.56 Å². The van der Waals surface area contributed by atoms with Crippen molar-refractivity contribution in [2.24, 2.45) is 0 Å². The van der Waals surface area contributed by atoms with Crippen LogP contribution in [0.2, 0.25) is 0 Å². The molecular weight excluding hydrogens is 288 g/mol. The van der Waals surface area contributed by atoms with Gasteiger partial charge in [0.1, 0.15) is 0 Å². The number of hydrogen-bond donors (Lipinski definition) is 3. The summed E-state index contributed by atoms with van der Waals surface area (Å²) in [7, 11) is 0. The predicted molar refractivity (Wildman–Crippen MR) is 84.0 cm³/mol. The first-order valence-electron chi connectivity index (χ1n) is 7.10. The highest BCUT2D eigenvalue weighted by atomic mass is 32.2. The number of benzene rings is 1. The summed E-state index contributed by atoms with van der Waals surface area (Å²) in [6.45, 7) is 1.21. The van der Waals surface area contributed by atoms with Gasteiger partial charge in [-0.1, -0.05) is 12.1 Å². The van der Waals surface area contributed by atoms with Gasteiger partial charge in [0.25, 0.3) is 0 Å². The molecule has 1 aliphatic heterocycles. The van der Waals surface area contributed by atoms with Gasteiger partial charge >= 0.3 is 12.0 Å². The quantitative estimate of drug-likeness (QED) is 0.752. The molecule has 5 nitrogen and oxygen atoms in total. The molecule has 0 aliphatic carbocycles. The van der Waals surface area contributed by atoms with Gasteiger partial charge < -0.3 is 15.7 Å². The number of carbonyl (C=O) groups is 2. The van der Waals surface area contributed by atoms with Gasteiger partial charge in [0.2, 0.25) is 0 Å². The van der Waals surface area contributed by atoms with Crippen molar-refractivity contribution in [2.75, 3.05) is 18.8 Å². The summed E-state index contributed by atoms with van der Waals surface area (Å²) in [6.07, 6.45) is 3.03. The van der Waals surface area contributed by atoms with Gasteiger partial charge in [-0.25, -0.2) is 9.59 Å². The van der Waals surface area contributed by atoms with E-state index in [1.807, 2.05) is 17.8 Å². The Balaban J connectivity index is 1.67. The molecule has 0 radical (unpaired) electrons. The summed E-state index contributed by atoms with van der Waals surface area (Å²) in [4.78, 5) is 22.5. The molecule has 0 saturated carbocycles. The Kier molecular flexibility index (Phi) is 5.92. The second kappa shape index (κ2) is 7.93. The van der Waals surface area contributed by atoms with Crippen LogP contribution in [-0.2, 0) is 6.42 Å². The number of carboxylic acid groups (broad SMARTS) is 1. The minimum Gasteiger partial charge on any atom is -0.478 e. The number of rotatable bonds is 6. The zero-order chi connectivity index (χ0) is 15.1. The van der Waals surface area contributed by atoms with Crippen LogP contribution in [-0.4, -0.2) is 41.2 Å². The molecule has 1 aromatic carbocycles. The normalized spacial score (nSPS) is 17.4. The third-order valence-corrected chi connectivity index (χ3v) is 4.79. The van der Waals surface area contributed by atoms with E-state index in [-0.39, 0.29) is 11.6 Å². The predicted octanol–water partition coefficient (Wildman–Crippen LogP) is 2.12. The molecule has 1 fully saturated rings. The Morgan fingerprint density at radius 2 is 2.19 bits per heavy atom.